The van der Waals surface area contributed by atoms with Crippen molar-refractivity contribution in [3.05, 3.63) is 33.3 Å². The first kappa shape index (κ1) is 12.1. The molecule has 0 heterocycles. The second-order valence-electron chi connectivity index (χ2n) is 3.21. The van der Waals surface area contributed by atoms with Gasteiger partial charge in [-0.2, -0.15) is 0 Å². The average Bonchev–Trinajstić information content (AvgIpc) is 2.17. The number of benzene rings is 1. The molecule has 0 spiro atoms. The molecule has 1 aromatic rings. The molecule has 3 nitrogen and oxygen atoms in total. The summed E-state index contributed by atoms with van der Waals surface area (Å²) in [6.45, 7) is 2.42. The lowest BCUT2D eigenvalue weighted by molar-refractivity contribution is 0.961. The van der Waals surface area contributed by atoms with E-state index < -0.39 is 0 Å². The molecule has 0 fully saturated rings. The van der Waals surface area contributed by atoms with Crippen molar-refractivity contribution in [2.75, 3.05) is 6.54 Å². The normalized spacial score (nSPS) is 10.1. The smallest absolute Gasteiger partial charge is 0.185 e. The van der Waals surface area contributed by atoms with Gasteiger partial charge in [0.1, 0.15) is 0 Å². The van der Waals surface area contributed by atoms with Crippen LogP contribution in [0.4, 0.5) is 0 Å². The number of rotatable bonds is 3. The Labute approximate surface area is 99.1 Å². The summed E-state index contributed by atoms with van der Waals surface area (Å²) in [5.74, 6) is 0.0786. The SMILES string of the molecule is Cc1ccc(Cl)c(CCN=C(N)N)c1Cl. The van der Waals surface area contributed by atoms with Crippen LogP contribution in [0.15, 0.2) is 17.1 Å². The number of aliphatic imine (C=N–C) groups is 1. The van der Waals surface area contributed by atoms with Gasteiger partial charge in [-0.15, -0.1) is 0 Å². The van der Waals surface area contributed by atoms with Gasteiger partial charge in [0.2, 0.25) is 0 Å². The Kier molecular flexibility index (Phi) is 4.24. The van der Waals surface area contributed by atoms with E-state index in [1.54, 1.807) is 0 Å². The van der Waals surface area contributed by atoms with Gasteiger partial charge in [-0.25, -0.2) is 0 Å². The molecule has 1 aromatic carbocycles. The third-order valence-corrected chi connectivity index (χ3v) is 2.92. The van der Waals surface area contributed by atoms with E-state index in [1.807, 2.05) is 19.1 Å². The number of guanidine groups is 1. The third-order valence-electron chi connectivity index (χ3n) is 2.04. The van der Waals surface area contributed by atoms with Crippen LogP contribution in [-0.2, 0) is 6.42 Å². The topological polar surface area (TPSA) is 64.4 Å². The lowest BCUT2D eigenvalue weighted by Gasteiger charge is -2.07. The Morgan fingerprint density at radius 3 is 2.60 bits per heavy atom. The minimum atomic E-state index is 0.0786. The number of hydrogen-bond donors (Lipinski definition) is 2. The third kappa shape index (κ3) is 3.29. The van der Waals surface area contributed by atoms with Gasteiger partial charge in [0, 0.05) is 16.6 Å². The first-order chi connectivity index (χ1) is 7.02. The van der Waals surface area contributed by atoms with Gasteiger partial charge < -0.3 is 11.5 Å². The zero-order valence-corrected chi connectivity index (χ0v) is 9.94. The molecule has 0 radical (unpaired) electrons. The molecule has 0 unspecified atom stereocenters. The molecule has 0 aliphatic heterocycles. The highest BCUT2D eigenvalue weighted by Gasteiger charge is 2.07. The first-order valence-corrected chi connectivity index (χ1v) is 5.27. The first-order valence-electron chi connectivity index (χ1n) is 4.51. The molecular weight excluding hydrogens is 233 g/mol. The monoisotopic (exact) mass is 245 g/mol. The molecule has 0 aliphatic rings. The fourth-order valence-corrected chi connectivity index (χ4v) is 1.80. The van der Waals surface area contributed by atoms with E-state index in [9.17, 15) is 0 Å². The molecule has 0 amide bonds. The van der Waals surface area contributed by atoms with E-state index >= 15 is 0 Å². The molecule has 0 aromatic heterocycles. The fraction of sp³-hybridized carbons (Fsp3) is 0.300. The molecule has 0 aliphatic carbocycles. The van der Waals surface area contributed by atoms with Gasteiger partial charge in [-0.3, -0.25) is 4.99 Å². The average molecular weight is 246 g/mol. The summed E-state index contributed by atoms with van der Waals surface area (Å²) in [5.41, 5.74) is 12.3. The zero-order chi connectivity index (χ0) is 11.4. The molecule has 4 N–H and O–H groups in total. The maximum atomic E-state index is 6.12. The molecule has 15 heavy (non-hydrogen) atoms. The van der Waals surface area contributed by atoms with Crippen molar-refractivity contribution < 1.29 is 0 Å². The summed E-state index contributed by atoms with van der Waals surface area (Å²) in [7, 11) is 0. The predicted molar refractivity (Wildman–Crippen MR) is 65.6 cm³/mol. The van der Waals surface area contributed by atoms with Crippen LogP contribution in [0.2, 0.25) is 10.0 Å². The Morgan fingerprint density at radius 2 is 2.00 bits per heavy atom. The highest BCUT2D eigenvalue weighted by Crippen LogP contribution is 2.28. The van der Waals surface area contributed by atoms with E-state index in [4.69, 9.17) is 34.7 Å². The van der Waals surface area contributed by atoms with Crippen molar-refractivity contribution in [3.8, 4) is 0 Å². The van der Waals surface area contributed by atoms with Crippen LogP contribution in [0.1, 0.15) is 11.1 Å². The van der Waals surface area contributed by atoms with Crippen LogP contribution >= 0.6 is 23.2 Å². The number of aryl methyl sites for hydroxylation is 1. The molecule has 82 valence electrons. The summed E-state index contributed by atoms with van der Waals surface area (Å²) in [4.78, 5) is 3.89. The minimum absolute atomic E-state index is 0.0786. The summed E-state index contributed by atoms with van der Waals surface area (Å²) in [6, 6.07) is 3.71. The number of nitrogens with two attached hydrogens (primary N) is 2. The molecule has 0 saturated carbocycles. The van der Waals surface area contributed by atoms with Crippen molar-refractivity contribution >= 4 is 29.2 Å². The van der Waals surface area contributed by atoms with Crippen molar-refractivity contribution in [1.29, 1.82) is 0 Å². The van der Waals surface area contributed by atoms with E-state index in [1.165, 1.54) is 0 Å². The maximum Gasteiger partial charge on any atom is 0.185 e. The molecule has 0 bridgehead atoms. The second kappa shape index (κ2) is 5.24. The van der Waals surface area contributed by atoms with E-state index in [2.05, 4.69) is 4.99 Å². The van der Waals surface area contributed by atoms with Crippen LogP contribution in [0.5, 0.6) is 0 Å². The van der Waals surface area contributed by atoms with Gasteiger partial charge in [-0.05, 0) is 30.5 Å². The standard InChI is InChI=1S/C10H13Cl2N3/c1-6-2-3-8(11)7(9(6)12)4-5-15-10(13)14/h2-3H,4-5H2,1H3,(H4,13,14,15). The number of nitrogens with zero attached hydrogens (tertiary/aromatic N) is 1. The summed E-state index contributed by atoms with van der Waals surface area (Å²) >= 11 is 12.1. The van der Waals surface area contributed by atoms with Gasteiger partial charge in [0.15, 0.2) is 5.96 Å². The quantitative estimate of drug-likeness (QED) is 0.633. The van der Waals surface area contributed by atoms with E-state index in [0.29, 0.717) is 23.0 Å². The van der Waals surface area contributed by atoms with Crippen molar-refractivity contribution in [1.82, 2.24) is 0 Å². The lowest BCUT2D eigenvalue weighted by atomic mass is 10.1. The summed E-state index contributed by atoms with van der Waals surface area (Å²) in [6.07, 6.45) is 0.636. The van der Waals surface area contributed by atoms with Gasteiger partial charge >= 0.3 is 0 Å². The Balaban J connectivity index is 2.85. The van der Waals surface area contributed by atoms with Crippen molar-refractivity contribution in [3.63, 3.8) is 0 Å². The largest absolute Gasteiger partial charge is 0.370 e. The van der Waals surface area contributed by atoms with Crippen LogP contribution in [0, 0.1) is 6.92 Å². The maximum absolute atomic E-state index is 6.12. The molecule has 5 heteroatoms. The van der Waals surface area contributed by atoms with Crippen LogP contribution in [0.25, 0.3) is 0 Å². The molecular formula is C10H13Cl2N3. The Bertz CT molecular complexity index is 384. The van der Waals surface area contributed by atoms with Gasteiger partial charge in [0.05, 0.1) is 0 Å². The summed E-state index contributed by atoms with van der Waals surface area (Å²) in [5, 5.41) is 1.34. The minimum Gasteiger partial charge on any atom is -0.370 e. The van der Waals surface area contributed by atoms with Gasteiger partial charge in [0.25, 0.3) is 0 Å². The molecule has 0 atom stereocenters. The number of halogens is 2. The Morgan fingerprint density at radius 1 is 1.33 bits per heavy atom. The van der Waals surface area contributed by atoms with E-state index in [0.717, 1.165) is 11.1 Å². The van der Waals surface area contributed by atoms with Crippen molar-refractivity contribution in [2.24, 2.45) is 16.5 Å². The Hall–Kier alpha value is -0.930. The van der Waals surface area contributed by atoms with Crippen molar-refractivity contribution in [2.45, 2.75) is 13.3 Å². The molecule has 0 saturated heterocycles. The highest BCUT2D eigenvalue weighted by atomic mass is 35.5. The number of hydrogen-bond acceptors (Lipinski definition) is 1. The highest BCUT2D eigenvalue weighted by molar-refractivity contribution is 6.36. The fourth-order valence-electron chi connectivity index (χ4n) is 1.24. The predicted octanol–water partition coefficient (Wildman–Crippen LogP) is 2.12. The van der Waals surface area contributed by atoms with Crippen LogP contribution in [0.3, 0.4) is 0 Å². The van der Waals surface area contributed by atoms with E-state index in [-0.39, 0.29) is 5.96 Å². The second-order valence-corrected chi connectivity index (χ2v) is 4.00. The zero-order valence-electron chi connectivity index (χ0n) is 8.43. The van der Waals surface area contributed by atoms with Gasteiger partial charge in [-0.1, -0.05) is 29.3 Å². The van der Waals surface area contributed by atoms with Crippen LogP contribution in [-0.4, -0.2) is 12.5 Å². The lowest BCUT2D eigenvalue weighted by Crippen LogP contribution is -2.23. The summed E-state index contributed by atoms with van der Waals surface area (Å²) < 4.78 is 0. The molecule has 1 rings (SSSR count). The van der Waals surface area contributed by atoms with Crippen LogP contribution < -0.4 is 11.5 Å².